The maximum absolute atomic E-state index is 6.31. The molecule has 1 heterocycles. The summed E-state index contributed by atoms with van der Waals surface area (Å²) in [5.74, 6) is 0.819. The topological polar surface area (TPSA) is 35.2 Å². The highest BCUT2D eigenvalue weighted by atomic mass is 35.5. The van der Waals surface area contributed by atoms with E-state index in [1.54, 1.807) is 11.3 Å². The molecular weight excluding hydrogens is 278 g/mol. The predicted molar refractivity (Wildman–Crippen MR) is 82.8 cm³/mol. The number of rotatable bonds is 5. The highest BCUT2D eigenvalue weighted by molar-refractivity contribution is 7.16. The van der Waals surface area contributed by atoms with Crippen molar-refractivity contribution in [1.82, 2.24) is 0 Å². The van der Waals surface area contributed by atoms with Gasteiger partial charge in [0.15, 0.2) is 0 Å². The number of hydrogen-bond acceptors (Lipinski definition) is 3. The van der Waals surface area contributed by atoms with Crippen molar-refractivity contribution in [1.29, 1.82) is 0 Å². The lowest BCUT2D eigenvalue weighted by Gasteiger charge is -2.32. The average molecular weight is 302 g/mol. The van der Waals surface area contributed by atoms with Gasteiger partial charge in [0.05, 0.1) is 10.4 Å². The van der Waals surface area contributed by atoms with Crippen LogP contribution in [0.1, 0.15) is 56.9 Å². The third kappa shape index (κ3) is 4.19. The summed E-state index contributed by atoms with van der Waals surface area (Å²) in [6.45, 7) is 4.29. The monoisotopic (exact) mass is 301 g/mol. The molecular formula is C15H24ClNOS. The van der Waals surface area contributed by atoms with E-state index in [-0.39, 0.29) is 12.1 Å². The Kier molecular flexibility index (Phi) is 5.70. The quantitative estimate of drug-likeness (QED) is 0.850. The second-order valence-electron chi connectivity index (χ2n) is 5.62. The summed E-state index contributed by atoms with van der Waals surface area (Å²) >= 11 is 7.60. The largest absolute Gasteiger partial charge is 0.368 e. The van der Waals surface area contributed by atoms with Crippen LogP contribution in [0.25, 0.3) is 0 Å². The molecule has 19 heavy (non-hydrogen) atoms. The Balaban J connectivity index is 2.00. The van der Waals surface area contributed by atoms with E-state index in [1.165, 1.54) is 32.1 Å². The summed E-state index contributed by atoms with van der Waals surface area (Å²) in [6.07, 6.45) is 6.57. The zero-order valence-electron chi connectivity index (χ0n) is 11.8. The molecule has 1 aromatic heterocycles. The van der Waals surface area contributed by atoms with Crippen LogP contribution in [0, 0.1) is 5.92 Å². The van der Waals surface area contributed by atoms with Crippen LogP contribution in [0.4, 0.5) is 0 Å². The minimum Gasteiger partial charge on any atom is -0.368 e. The lowest BCUT2D eigenvalue weighted by atomic mass is 9.85. The van der Waals surface area contributed by atoms with Crippen molar-refractivity contribution in [3.05, 3.63) is 21.3 Å². The molecule has 4 unspecified atom stereocenters. The van der Waals surface area contributed by atoms with Crippen molar-refractivity contribution in [2.45, 2.75) is 64.2 Å². The van der Waals surface area contributed by atoms with Crippen LogP contribution in [-0.2, 0) is 4.74 Å². The van der Waals surface area contributed by atoms with E-state index in [9.17, 15) is 0 Å². The summed E-state index contributed by atoms with van der Waals surface area (Å²) in [5, 5.41) is 0. The van der Waals surface area contributed by atoms with Crippen molar-refractivity contribution in [2.24, 2.45) is 11.7 Å². The maximum atomic E-state index is 6.31. The third-order valence-corrected chi connectivity index (χ3v) is 5.30. The van der Waals surface area contributed by atoms with Crippen molar-refractivity contribution < 1.29 is 4.74 Å². The van der Waals surface area contributed by atoms with E-state index in [0.29, 0.717) is 6.10 Å². The Labute approximate surface area is 125 Å². The minimum absolute atomic E-state index is 0.00304. The molecule has 0 spiro atoms. The van der Waals surface area contributed by atoms with Gasteiger partial charge in [0.25, 0.3) is 0 Å². The smallest absolute Gasteiger partial charge is 0.107 e. The van der Waals surface area contributed by atoms with Gasteiger partial charge < -0.3 is 10.5 Å². The molecule has 0 aliphatic heterocycles. The summed E-state index contributed by atoms with van der Waals surface area (Å²) in [6, 6.07) is 3.97. The normalized spacial score (nSPS) is 27.2. The molecule has 0 amide bonds. The van der Waals surface area contributed by atoms with Gasteiger partial charge in [-0.25, -0.2) is 0 Å². The fourth-order valence-corrected chi connectivity index (χ4v) is 4.09. The van der Waals surface area contributed by atoms with Crippen LogP contribution in [-0.4, -0.2) is 12.1 Å². The molecule has 4 atom stereocenters. The van der Waals surface area contributed by atoms with Crippen molar-refractivity contribution >= 4 is 22.9 Å². The van der Waals surface area contributed by atoms with Crippen LogP contribution >= 0.6 is 22.9 Å². The van der Waals surface area contributed by atoms with Gasteiger partial charge in [-0.1, -0.05) is 37.8 Å². The highest BCUT2D eigenvalue weighted by Gasteiger charge is 2.27. The molecule has 2 N–H and O–H groups in total. The lowest BCUT2D eigenvalue weighted by Crippen LogP contribution is -2.32. The first kappa shape index (κ1) is 15.3. The van der Waals surface area contributed by atoms with Gasteiger partial charge >= 0.3 is 0 Å². The van der Waals surface area contributed by atoms with Gasteiger partial charge in [-0.15, -0.1) is 11.3 Å². The molecule has 0 saturated heterocycles. The van der Waals surface area contributed by atoms with Gasteiger partial charge in [0.2, 0.25) is 0 Å². The maximum Gasteiger partial charge on any atom is 0.107 e. The van der Waals surface area contributed by atoms with Crippen molar-refractivity contribution in [3.63, 3.8) is 0 Å². The van der Waals surface area contributed by atoms with Gasteiger partial charge in [-0.2, -0.15) is 0 Å². The van der Waals surface area contributed by atoms with E-state index >= 15 is 0 Å². The Bertz CT molecular complexity index is 393. The van der Waals surface area contributed by atoms with Crippen LogP contribution in [0.5, 0.6) is 0 Å². The SMILES string of the molecule is CCC1CCCC(OC(c2ccc(Cl)s2)C(C)N)C1. The summed E-state index contributed by atoms with van der Waals surface area (Å²) in [7, 11) is 0. The molecule has 2 rings (SSSR count). The number of nitrogens with two attached hydrogens (primary N) is 1. The van der Waals surface area contributed by atoms with Crippen LogP contribution in [0.3, 0.4) is 0 Å². The van der Waals surface area contributed by atoms with Crippen LogP contribution in [0.15, 0.2) is 12.1 Å². The molecule has 0 bridgehead atoms. The van der Waals surface area contributed by atoms with Gasteiger partial charge in [0, 0.05) is 10.9 Å². The fourth-order valence-electron chi connectivity index (χ4n) is 2.87. The molecule has 1 fully saturated rings. The molecule has 0 radical (unpaired) electrons. The number of halogens is 1. The number of ether oxygens (including phenoxy) is 1. The third-order valence-electron chi connectivity index (χ3n) is 4.00. The van der Waals surface area contributed by atoms with Crippen molar-refractivity contribution in [3.8, 4) is 0 Å². The van der Waals surface area contributed by atoms with Crippen LogP contribution in [0.2, 0.25) is 4.34 Å². The molecule has 0 aromatic carbocycles. The molecule has 1 aromatic rings. The summed E-state index contributed by atoms with van der Waals surface area (Å²) in [5.41, 5.74) is 6.10. The molecule has 1 aliphatic carbocycles. The number of thiophene rings is 1. The molecule has 108 valence electrons. The van der Waals surface area contributed by atoms with Crippen molar-refractivity contribution in [2.75, 3.05) is 0 Å². The molecule has 1 saturated carbocycles. The Morgan fingerprint density at radius 2 is 2.26 bits per heavy atom. The zero-order valence-corrected chi connectivity index (χ0v) is 13.3. The van der Waals surface area contributed by atoms with E-state index in [1.807, 2.05) is 19.1 Å². The second-order valence-corrected chi connectivity index (χ2v) is 7.37. The van der Waals surface area contributed by atoms with Gasteiger partial charge in [-0.3, -0.25) is 0 Å². The van der Waals surface area contributed by atoms with Gasteiger partial charge in [0.1, 0.15) is 6.10 Å². The average Bonchev–Trinajstić information content (AvgIpc) is 2.82. The number of hydrogen-bond donors (Lipinski definition) is 1. The first-order valence-electron chi connectivity index (χ1n) is 7.26. The lowest BCUT2D eigenvalue weighted by molar-refractivity contribution is -0.0492. The molecule has 1 aliphatic rings. The van der Waals surface area contributed by atoms with Gasteiger partial charge in [-0.05, 0) is 37.8 Å². The molecule has 2 nitrogen and oxygen atoms in total. The standard InChI is InChI=1S/C15H24ClNOS/c1-3-11-5-4-6-12(9-11)18-15(10(2)17)13-7-8-14(16)19-13/h7-8,10-12,15H,3-6,9,17H2,1-2H3. The zero-order chi connectivity index (χ0) is 13.8. The van der Waals surface area contributed by atoms with E-state index in [4.69, 9.17) is 22.1 Å². The first-order valence-corrected chi connectivity index (χ1v) is 8.45. The van der Waals surface area contributed by atoms with E-state index in [0.717, 1.165) is 15.1 Å². The second kappa shape index (κ2) is 7.07. The van der Waals surface area contributed by atoms with E-state index < -0.39 is 0 Å². The summed E-state index contributed by atoms with van der Waals surface area (Å²) < 4.78 is 7.12. The predicted octanol–water partition coefficient (Wildman–Crippen LogP) is 4.78. The summed E-state index contributed by atoms with van der Waals surface area (Å²) in [4.78, 5) is 1.15. The minimum atomic E-state index is -0.0156. The van der Waals surface area contributed by atoms with Crippen LogP contribution < -0.4 is 5.73 Å². The Morgan fingerprint density at radius 3 is 2.84 bits per heavy atom. The fraction of sp³-hybridized carbons (Fsp3) is 0.733. The molecule has 4 heteroatoms. The Hall–Kier alpha value is -0.0900. The Morgan fingerprint density at radius 1 is 1.47 bits per heavy atom. The highest BCUT2D eigenvalue weighted by Crippen LogP contribution is 2.35. The first-order chi connectivity index (χ1) is 9.10. The van der Waals surface area contributed by atoms with E-state index in [2.05, 4.69) is 6.92 Å².